The number of hydrogen-bond acceptors (Lipinski definition) is 3. The van der Waals surface area contributed by atoms with E-state index in [2.05, 4.69) is 9.88 Å². The Labute approximate surface area is 94.7 Å². The smallest absolute Gasteiger partial charge is 0.128 e. The largest absolute Gasteiger partial charge is 0.388 e. The molecular weight excluding hydrogens is 212 g/mol. The summed E-state index contributed by atoms with van der Waals surface area (Å²) in [6.07, 6.45) is 3.49. The highest BCUT2D eigenvalue weighted by Crippen LogP contribution is 2.24. The molecule has 2 heterocycles. The number of rotatable bonds is 1. The van der Waals surface area contributed by atoms with Crippen molar-refractivity contribution >= 4 is 17.4 Å². The highest BCUT2D eigenvalue weighted by molar-refractivity contribution is 6.30. The summed E-state index contributed by atoms with van der Waals surface area (Å²) >= 11 is 5.78. The fourth-order valence-electron chi connectivity index (χ4n) is 1.97. The minimum absolute atomic E-state index is 0.598. The Morgan fingerprint density at radius 1 is 1.53 bits per heavy atom. The first-order chi connectivity index (χ1) is 7.07. The molecule has 15 heavy (non-hydrogen) atoms. The summed E-state index contributed by atoms with van der Waals surface area (Å²) in [7, 11) is 0. The zero-order valence-corrected chi connectivity index (χ0v) is 9.54. The van der Waals surface area contributed by atoms with Crippen LogP contribution in [0.2, 0.25) is 5.02 Å². The minimum atomic E-state index is -0.598. The molecule has 0 saturated carbocycles. The number of anilines is 1. The SMILES string of the molecule is CC1(O)CCCN(c2ccc(Cl)cn2)C1. The third-order valence-electron chi connectivity index (χ3n) is 2.71. The van der Waals surface area contributed by atoms with E-state index in [1.54, 1.807) is 6.20 Å². The Kier molecular flexibility index (Phi) is 2.85. The second-order valence-electron chi connectivity index (χ2n) is 4.36. The molecule has 82 valence electrons. The molecule has 3 nitrogen and oxygen atoms in total. The lowest BCUT2D eigenvalue weighted by molar-refractivity contribution is 0.0447. The first-order valence-corrected chi connectivity index (χ1v) is 5.53. The molecule has 0 aromatic carbocycles. The molecule has 0 bridgehead atoms. The summed E-state index contributed by atoms with van der Waals surface area (Å²) in [6.45, 7) is 3.46. The fourth-order valence-corrected chi connectivity index (χ4v) is 2.08. The second-order valence-corrected chi connectivity index (χ2v) is 4.79. The van der Waals surface area contributed by atoms with E-state index in [0.29, 0.717) is 11.6 Å². The Morgan fingerprint density at radius 3 is 2.93 bits per heavy atom. The van der Waals surface area contributed by atoms with Crippen LogP contribution >= 0.6 is 11.6 Å². The van der Waals surface area contributed by atoms with Crippen LogP contribution in [-0.4, -0.2) is 28.8 Å². The molecule has 1 atom stereocenters. The molecule has 2 rings (SSSR count). The van der Waals surface area contributed by atoms with E-state index in [-0.39, 0.29) is 0 Å². The molecule has 0 aliphatic carbocycles. The number of aromatic nitrogens is 1. The van der Waals surface area contributed by atoms with E-state index >= 15 is 0 Å². The lowest BCUT2D eigenvalue weighted by Crippen LogP contribution is -2.46. The van der Waals surface area contributed by atoms with Crippen LogP contribution in [-0.2, 0) is 0 Å². The molecule has 1 N–H and O–H groups in total. The normalized spacial score (nSPS) is 26.7. The molecule has 0 amide bonds. The third-order valence-corrected chi connectivity index (χ3v) is 2.93. The summed E-state index contributed by atoms with van der Waals surface area (Å²) in [5.74, 6) is 0.888. The van der Waals surface area contributed by atoms with Crippen LogP contribution in [0.15, 0.2) is 18.3 Å². The van der Waals surface area contributed by atoms with Crippen molar-refractivity contribution < 1.29 is 5.11 Å². The van der Waals surface area contributed by atoms with Gasteiger partial charge in [0.15, 0.2) is 0 Å². The van der Waals surface area contributed by atoms with E-state index in [0.717, 1.165) is 25.2 Å². The van der Waals surface area contributed by atoms with Crippen molar-refractivity contribution in [1.29, 1.82) is 0 Å². The molecular formula is C11H15ClN2O. The van der Waals surface area contributed by atoms with Crippen molar-refractivity contribution in [2.75, 3.05) is 18.0 Å². The van der Waals surface area contributed by atoms with Gasteiger partial charge in [0, 0.05) is 19.3 Å². The van der Waals surface area contributed by atoms with Gasteiger partial charge in [-0.3, -0.25) is 0 Å². The van der Waals surface area contributed by atoms with Crippen LogP contribution in [0, 0.1) is 0 Å². The Bertz CT molecular complexity index is 337. The first-order valence-electron chi connectivity index (χ1n) is 5.16. The summed E-state index contributed by atoms with van der Waals surface area (Å²) < 4.78 is 0. The van der Waals surface area contributed by atoms with Gasteiger partial charge in [-0.25, -0.2) is 4.98 Å². The highest BCUT2D eigenvalue weighted by atomic mass is 35.5. The number of hydrogen-bond donors (Lipinski definition) is 1. The Hall–Kier alpha value is -0.800. The van der Waals surface area contributed by atoms with Crippen LogP contribution < -0.4 is 4.90 Å². The standard InChI is InChI=1S/C11H15ClN2O/c1-11(15)5-2-6-14(8-11)10-4-3-9(12)7-13-10/h3-4,7,15H,2,5-6,8H2,1H3. The quantitative estimate of drug-likeness (QED) is 0.797. The minimum Gasteiger partial charge on any atom is -0.388 e. The number of pyridine rings is 1. The first kappa shape index (κ1) is 10.7. The maximum atomic E-state index is 9.97. The molecule has 1 fully saturated rings. The van der Waals surface area contributed by atoms with E-state index in [1.807, 2.05) is 19.1 Å². The monoisotopic (exact) mass is 226 g/mol. The van der Waals surface area contributed by atoms with Crippen molar-refractivity contribution in [2.24, 2.45) is 0 Å². The molecule has 0 radical (unpaired) electrons. The summed E-state index contributed by atoms with van der Waals surface area (Å²) in [6, 6.07) is 3.72. The molecule has 1 saturated heterocycles. The molecule has 0 spiro atoms. The summed E-state index contributed by atoms with van der Waals surface area (Å²) in [5.41, 5.74) is -0.598. The van der Waals surface area contributed by atoms with E-state index in [9.17, 15) is 5.11 Å². The third kappa shape index (κ3) is 2.61. The number of piperidine rings is 1. The number of nitrogens with zero attached hydrogens (tertiary/aromatic N) is 2. The molecule has 1 unspecified atom stereocenters. The second kappa shape index (κ2) is 3.99. The molecule has 4 heteroatoms. The number of β-amino-alcohol motifs (C(OH)–C–C–N with tert-alkyl or cyclic N) is 1. The van der Waals surface area contributed by atoms with Crippen molar-refractivity contribution in [3.8, 4) is 0 Å². The topological polar surface area (TPSA) is 36.4 Å². The maximum Gasteiger partial charge on any atom is 0.128 e. The highest BCUT2D eigenvalue weighted by Gasteiger charge is 2.28. The average Bonchev–Trinajstić information content (AvgIpc) is 2.17. The van der Waals surface area contributed by atoms with Crippen LogP contribution in [0.5, 0.6) is 0 Å². The molecule has 1 aliphatic rings. The maximum absolute atomic E-state index is 9.97. The number of aliphatic hydroxyl groups is 1. The van der Waals surface area contributed by atoms with Gasteiger partial charge < -0.3 is 10.0 Å². The lowest BCUT2D eigenvalue weighted by atomic mass is 9.95. The zero-order valence-electron chi connectivity index (χ0n) is 8.78. The van der Waals surface area contributed by atoms with E-state index in [4.69, 9.17) is 11.6 Å². The molecule has 1 aliphatic heterocycles. The van der Waals surface area contributed by atoms with Crippen molar-refractivity contribution in [1.82, 2.24) is 4.98 Å². The van der Waals surface area contributed by atoms with Crippen molar-refractivity contribution in [3.63, 3.8) is 0 Å². The zero-order chi connectivity index (χ0) is 10.9. The summed E-state index contributed by atoms with van der Waals surface area (Å²) in [5, 5.41) is 10.6. The number of halogens is 1. The summed E-state index contributed by atoms with van der Waals surface area (Å²) in [4.78, 5) is 6.35. The van der Waals surface area contributed by atoms with Crippen molar-refractivity contribution in [3.05, 3.63) is 23.4 Å². The van der Waals surface area contributed by atoms with E-state index in [1.165, 1.54) is 0 Å². The van der Waals surface area contributed by atoms with Crippen LogP contribution in [0.4, 0.5) is 5.82 Å². The Balaban J connectivity index is 2.13. The van der Waals surface area contributed by atoms with Gasteiger partial charge in [0.05, 0.1) is 10.6 Å². The van der Waals surface area contributed by atoms with Crippen LogP contribution in [0.3, 0.4) is 0 Å². The van der Waals surface area contributed by atoms with Gasteiger partial charge in [0.25, 0.3) is 0 Å². The molecule has 1 aromatic rings. The predicted molar refractivity (Wildman–Crippen MR) is 61.3 cm³/mol. The predicted octanol–water partition coefficient (Wildman–Crippen LogP) is 2.09. The molecule has 1 aromatic heterocycles. The average molecular weight is 227 g/mol. The van der Waals surface area contributed by atoms with Gasteiger partial charge in [0.2, 0.25) is 0 Å². The fraction of sp³-hybridized carbons (Fsp3) is 0.545. The van der Waals surface area contributed by atoms with Gasteiger partial charge in [-0.05, 0) is 31.9 Å². The van der Waals surface area contributed by atoms with Gasteiger partial charge in [-0.1, -0.05) is 11.6 Å². The van der Waals surface area contributed by atoms with Gasteiger partial charge in [-0.2, -0.15) is 0 Å². The van der Waals surface area contributed by atoms with Crippen molar-refractivity contribution in [2.45, 2.75) is 25.4 Å². The Morgan fingerprint density at radius 2 is 2.33 bits per heavy atom. The lowest BCUT2D eigenvalue weighted by Gasteiger charge is -2.37. The van der Waals surface area contributed by atoms with Gasteiger partial charge >= 0.3 is 0 Å². The van der Waals surface area contributed by atoms with Gasteiger partial charge in [-0.15, -0.1) is 0 Å². The van der Waals surface area contributed by atoms with E-state index < -0.39 is 5.60 Å². The van der Waals surface area contributed by atoms with Gasteiger partial charge in [0.1, 0.15) is 5.82 Å². The van der Waals surface area contributed by atoms with Crippen LogP contribution in [0.1, 0.15) is 19.8 Å². The van der Waals surface area contributed by atoms with Crippen LogP contribution in [0.25, 0.3) is 0 Å².